The second kappa shape index (κ2) is 23.8. The van der Waals surface area contributed by atoms with Gasteiger partial charge in [-0.1, -0.05) is 30.3 Å². The van der Waals surface area contributed by atoms with Crippen molar-refractivity contribution < 1.29 is 39.9 Å². The summed E-state index contributed by atoms with van der Waals surface area (Å²) in [5.74, 6) is 0. The number of carbonyl (C=O) groups is 3. The molecule has 0 unspecified atom stereocenters. The predicted octanol–water partition coefficient (Wildman–Crippen LogP) is 9.62. The maximum atomic E-state index is 12.2. The Bertz CT molecular complexity index is 2540. The molecule has 0 bridgehead atoms. The minimum atomic E-state index is -0.542. The number of ether oxygens (including phenoxy) is 3. The minimum Gasteiger partial charge on any atom is -0.444 e. The second-order valence-corrected chi connectivity index (χ2v) is 21.0. The lowest BCUT2D eigenvalue weighted by Crippen LogP contribution is -2.50. The number of aromatic nitrogens is 1. The zero-order chi connectivity index (χ0) is 53.1. The van der Waals surface area contributed by atoms with Gasteiger partial charge in [-0.2, -0.15) is 0 Å². The maximum Gasteiger partial charge on any atom is 0.410 e. The summed E-state index contributed by atoms with van der Waals surface area (Å²) >= 11 is 0. The lowest BCUT2D eigenvalue weighted by atomic mass is 10.1. The Morgan fingerprint density at radius 1 is 0.569 bits per heavy atom. The molecule has 4 aromatic rings. The monoisotopic (exact) mass is 1000 g/mol. The number of piperazine rings is 3. The Labute approximate surface area is 424 Å². The fourth-order valence-corrected chi connectivity index (χ4v) is 8.20. The lowest BCUT2D eigenvalue weighted by molar-refractivity contribution is -0.384. The number of nitro benzene ring substituents is 2. The number of hydrogen-bond donors (Lipinski definition) is 1. The molecule has 394 valence electrons. The van der Waals surface area contributed by atoms with E-state index in [0.29, 0.717) is 87.9 Å². The molecule has 0 spiro atoms. The number of amides is 3. The first kappa shape index (κ1) is 55.7. The van der Waals surface area contributed by atoms with Gasteiger partial charge in [-0.25, -0.2) is 14.4 Å². The van der Waals surface area contributed by atoms with Gasteiger partial charge in [0.1, 0.15) is 28.2 Å². The first-order valence-corrected chi connectivity index (χ1v) is 24.3. The third-order valence-electron chi connectivity index (χ3n) is 11.6. The highest BCUT2D eigenvalue weighted by Gasteiger charge is 2.32. The summed E-state index contributed by atoms with van der Waals surface area (Å²) in [5, 5.41) is 24.2. The molecule has 0 atom stereocenters. The van der Waals surface area contributed by atoms with Crippen LogP contribution in [0.15, 0.2) is 73.1 Å². The number of hydrogen-bond acceptors (Lipinski definition) is 14. The van der Waals surface area contributed by atoms with Gasteiger partial charge in [-0.15, -0.1) is 0 Å². The molecule has 3 aliphatic heterocycles. The zero-order valence-corrected chi connectivity index (χ0v) is 44.1. The molecule has 7 rings (SSSR count). The third kappa shape index (κ3) is 15.9. The number of nitrogens with zero attached hydrogens (tertiary/aromatic N) is 9. The van der Waals surface area contributed by atoms with E-state index in [-0.39, 0.29) is 40.9 Å². The lowest BCUT2D eigenvalue weighted by Gasteiger charge is -2.36. The highest BCUT2D eigenvalue weighted by Crippen LogP contribution is 2.35. The fraction of sp³-hybridized carbons (Fsp3) is 0.519. The fourth-order valence-electron chi connectivity index (χ4n) is 8.20. The van der Waals surface area contributed by atoms with Crippen LogP contribution in [0.5, 0.6) is 0 Å². The van der Waals surface area contributed by atoms with Crippen molar-refractivity contribution in [2.24, 2.45) is 0 Å². The number of aryl methyl sites for hydroxylation is 1. The van der Waals surface area contributed by atoms with E-state index in [2.05, 4.69) is 34.1 Å². The molecule has 3 aliphatic rings. The number of aromatic amines is 1. The number of para-hydroxylation sites is 3. The van der Waals surface area contributed by atoms with Crippen LogP contribution in [0.2, 0.25) is 0 Å². The highest BCUT2D eigenvalue weighted by atomic mass is 16.6. The van der Waals surface area contributed by atoms with Crippen molar-refractivity contribution in [1.29, 1.82) is 0 Å². The summed E-state index contributed by atoms with van der Waals surface area (Å²) in [6, 6.07) is 19.0. The maximum absolute atomic E-state index is 12.2. The van der Waals surface area contributed by atoms with Crippen LogP contribution in [0, 0.1) is 27.2 Å². The Hall–Kier alpha value is -7.25. The number of H-pyrrole nitrogens is 1. The molecule has 0 radical (unpaired) electrons. The van der Waals surface area contributed by atoms with E-state index in [1.54, 1.807) is 58.2 Å². The molecular formula is C52H76N10O10. The van der Waals surface area contributed by atoms with Crippen molar-refractivity contribution in [2.75, 3.05) is 107 Å². The largest absolute Gasteiger partial charge is 0.444 e. The molecule has 0 aliphatic carbocycles. The first-order valence-electron chi connectivity index (χ1n) is 24.3. The van der Waals surface area contributed by atoms with Crippen LogP contribution in [0.4, 0.5) is 42.8 Å². The van der Waals surface area contributed by atoms with E-state index in [9.17, 15) is 34.6 Å². The van der Waals surface area contributed by atoms with Crippen LogP contribution >= 0.6 is 0 Å². The van der Waals surface area contributed by atoms with Crippen LogP contribution in [0.25, 0.3) is 17.0 Å². The minimum absolute atomic E-state index is 0. The Morgan fingerprint density at radius 3 is 1.35 bits per heavy atom. The smallest absolute Gasteiger partial charge is 0.410 e. The van der Waals surface area contributed by atoms with Gasteiger partial charge in [0.05, 0.1) is 26.6 Å². The SMILES string of the molecule is CC(C)(C)OC(=O)N1CCN(c2cccc3cc[nH]c23)CC1.CN(C)/C=C/c1cccc(N2CCN(C(=O)OC(C)(C)C)CC2)c1[N+](=O)[O-].Cc1cccc(N2CCN(C(=O)OC(C)(C)C)CC2)c1[N+](=O)[O-].[HH]. The Kier molecular flexibility index (Phi) is 18.4. The average molecular weight is 1000 g/mol. The molecule has 1 aromatic heterocycles. The van der Waals surface area contributed by atoms with Gasteiger partial charge < -0.3 is 53.5 Å². The molecule has 3 aromatic carbocycles. The van der Waals surface area contributed by atoms with E-state index < -0.39 is 16.8 Å². The zero-order valence-electron chi connectivity index (χ0n) is 44.1. The molecular weight excluding hydrogens is 925 g/mol. The van der Waals surface area contributed by atoms with Crippen molar-refractivity contribution in [3.05, 3.63) is 104 Å². The number of nitro groups is 2. The summed E-state index contributed by atoms with van der Waals surface area (Å²) in [7, 11) is 3.73. The molecule has 20 nitrogen and oxygen atoms in total. The van der Waals surface area contributed by atoms with E-state index >= 15 is 0 Å². The summed E-state index contributed by atoms with van der Waals surface area (Å²) < 4.78 is 16.2. The van der Waals surface area contributed by atoms with Gasteiger partial charge in [-0.05, 0) is 112 Å². The van der Waals surface area contributed by atoms with Gasteiger partial charge >= 0.3 is 18.3 Å². The second-order valence-electron chi connectivity index (χ2n) is 21.0. The van der Waals surface area contributed by atoms with Gasteiger partial charge in [0, 0.05) is 111 Å². The van der Waals surface area contributed by atoms with Crippen molar-refractivity contribution in [3.8, 4) is 0 Å². The topological polar surface area (TPSA) is 204 Å². The van der Waals surface area contributed by atoms with Gasteiger partial charge in [0.2, 0.25) is 0 Å². The van der Waals surface area contributed by atoms with Crippen LogP contribution in [-0.2, 0) is 14.2 Å². The molecule has 20 heteroatoms. The molecule has 3 amide bonds. The van der Waals surface area contributed by atoms with Crippen molar-refractivity contribution in [2.45, 2.75) is 86.0 Å². The number of benzene rings is 3. The van der Waals surface area contributed by atoms with E-state index in [1.807, 2.05) is 109 Å². The van der Waals surface area contributed by atoms with Crippen LogP contribution < -0.4 is 14.7 Å². The Balaban J connectivity index is 0.000000237. The molecule has 72 heavy (non-hydrogen) atoms. The Morgan fingerprint density at radius 2 is 0.944 bits per heavy atom. The first-order chi connectivity index (χ1) is 33.7. The van der Waals surface area contributed by atoms with Crippen LogP contribution in [0.1, 0.15) is 74.9 Å². The van der Waals surface area contributed by atoms with Gasteiger partial charge in [0.15, 0.2) is 0 Å². The van der Waals surface area contributed by atoms with Gasteiger partial charge in [0.25, 0.3) is 11.4 Å². The number of carbonyl (C=O) groups excluding carboxylic acids is 3. The van der Waals surface area contributed by atoms with E-state index in [0.717, 1.165) is 18.6 Å². The number of nitrogens with one attached hydrogen (secondary N) is 1. The summed E-state index contributed by atoms with van der Waals surface area (Å²) in [5.41, 5.74) is 3.46. The van der Waals surface area contributed by atoms with Crippen LogP contribution in [-0.4, -0.2) is 162 Å². The van der Waals surface area contributed by atoms with Gasteiger partial charge in [-0.3, -0.25) is 20.2 Å². The summed E-state index contributed by atoms with van der Waals surface area (Å²) in [6.07, 6.45) is 4.58. The predicted molar refractivity (Wildman–Crippen MR) is 284 cm³/mol. The van der Waals surface area contributed by atoms with Crippen molar-refractivity contribution >= 4 is 63.7 Å². The van der Waals surface area contributed by atoms with Crippen molar-refractivity contribution in [1.82, 2.24) is 24.6 Å². The normalized spacial score (nSPS) is 15.6. The van der Waals surface area contributed by atoms with Crippen LogP contribution in [0.3, 0.4) is 0 Å². The molecule has 1 N–H and O–H groups in total. The third-order valence-corrected chi connectivity index (χ3v) is 11.6. The number of rotatable bonds is 7. The summed E-state index contributed by atoms with van der Waals surface area (Å²) in [6.45, 7) is 25.4. The number of fused-ring (bicyclic) bond motifs is 1. The standard InChI is InChI=1S/C19H28N4O4.C17H23N3O2.C16H23N3O4.H2/c1-19(2,3)27-18(24)22-13-11-21(12-14-22)16-8-6-7-15(9-10-20(4)5)17(16)23(25)26;1-17(2,3)22-16(21)20-11-9-19(10-12-20)14-6-4-5-13-7-8-18-15(13)14;1-12-6-5-7-13(14(12)19(21)22)17-8-10-18(11-9-17)15(20)23-16(2,3)4;/h6-10H,11-14H2,1-5H3;4-8,18H,9-12H2,1-3H3;5-7H,8-11H2,1-4H3;1H/b10-9+;;;. The molecule has 0 saturated carbocycles. The summed E-state index contributed by atoms with van der Waals surface area (Å²) in [4.78, 5) is 75.1. The highest BCUT2D eigenvalue weighted by molar-refractivity contribution is 5.91. The molecule has 3 fully saturated rings. The quantitative estimate of drug-likeness (QED) is 0.104. The number of anilines is 3. The molecule has 3 saturated heterocycles. The van der Waals surface area contributed by atoms with E-state index in [4.69, 9.17) is 14.2 Å². The molecule has 4 heterocycles. The van der Waals surface area contributed by atoms with Crippen molar-refractivity contribution in [3.63, 3.8) is 0 Å². The van der Waals surface area contributed by atoms with E-state index in [1.165, 1.54) is 11.1 Å². The average Bonchev–Trinajstić information content (AvgIpc) is 3.79.